The van der Waals surface area contributed by atoms with Crippen molar-refractivity contribution in [1.82, 2.24) is 15.0 Å². The van der Waals surface area contributed by atoms with E-state index in [1.54, 1.807) is 17.5 Å². The van der Waals surface area contributed by atoms with Gasteiger partial charge < -0.3 is 10.3 Å². The van der Waals surface area contributed by atoms with Crippen LogP contribution < -0.4 is 5.32 Å². The Hall–Kier alpha value is -0.880. The molecule has 0 aromatic carbocycles. The largest absolute Gasteiger partial charge is 0.361 e. The molecule has 0 saturated heterocycles. The molecule has 0 spiro atoms. The predicted molar refractivity (Wildman–Crippen MR) is 60.6 cm³/mol. The maximum Gasteiger partial charge on any atom is 0.183 e. The Morgan fingerprint density at radius 1 is 1.57 bits per heavy atom. The van der Waals surface area contributed by atoms with Gasteiger partial charge in [-0.15, -0.1) is 11.3 Å². The quantitative estimate of drug-likeness (QED) is 0.898. The molecular weight excluding hydrogens is 264 g/mol. The summed E-state index contributed by atoms with van der Waals surface area (Å²) in [6.07, 6.45) is 4.47. The molecule has 2 N–H and O–H groups in total. The lowest BCUT2D eigenvalue weighted by Crippen LogP contribution is -2.05. The van der Waals surface area contributed by atoms with Crippen LogP contribution in [0, 0.1) is 0 Å². The SMILES string of the molecule is Brc1csc(NCCc2ncc[nH]2)n1. The zero-order chi connectivity index (χ0) is 9.80. The summed E-state index contributed by atoms with van der Waals surface area (Å²) >= 11 is 4.89. The molecule has 0 unspecified atom stereocenters. The Kier molecular flexibility index (Phi) is 3.15. The highest BCUT2D eigenvalue weighted by Crippen LogP contribution is 2.18. The van der Waals surface area contributed by atoms with E-state index >= 15 is 0 Å². The Morgan fingerprint density at radius 3 is 3.14 bits per heavy atom. The van der Waals surface area contributed by atoms with Gasteiger partial charge in [-0.25, -0.2) is 9.97 Å². The smallest absolute Gasteiger partial charge is 0.183 e. The third-order valence-corrected chi connectivity index (χ3v) is 3.18. The lowest BCUT2D eigenvalue weighted by Gasteiger charge is -1.99. The van der Waals surface area contributed by atoms with Crippen LogP contribution >= 0.6 is 27.3 Å². The topological polar surface area (TPSA) is 53.6 Å². The van der Waals surface area contributed by atoms with E-state index in [9.17, 15) is 0 Å². The van der Waals surface area contributed by atoms with Crippen LogP contribution in [0.4, 0.5) is 5.13 Å². The molecule has 6 heteroatoms. The number of imidazole rings is 1. The first kappa shape index (κ1) is 9.67. The number of rotatable bonds is 4. The van der Waals surface area contributed by atoms with Crippen molar-refractivity contribution in [2.45, 2.75) is 6.42 Å². The van der Waals surface area contributed by atoms with Crippen LogP contribution in [0.25, 0.3) is 0 Å². The number of halogens is 1. The zero-order valence-corrected chi connectivity index (χ0v) is 9.73. The van der Waals surface area contributed by atoms with Crippen molar-refractivity contribution in [3.05, 3.63) is 28.2 Å². The maximum atomic E-state index is 4.22. The second kappa shape index (κ2) is 4.56. The van der Waals surface area contributed by atoms with E-state index in [1.807, 2.05) is 11.6 Å². The second-order valence-electron chi connectivity index (χ2n) is 2.69. The Bertz CT molecular complexity index is 384. The van der Waals surface area contributed by atoms with Gasteiger partial charge in [0.1, 0.15) is 10.4 Å². The molecule has 74 valence electrons. The van der Waals surface area contributed by atoms with E-state index < -0.39 is 0 Å². The number of hydrogen-bond donors (Lipinski definition) is 2. The summed E-state index contributed by atoms with van der Waals surface area (Å²) in [6, 6.07) is 0. The Labute approximate surface area is 93.9 Å². The molecule has 0 saturated carbocycles. The summed E-state index contributed by atoms with van der Waals surface area (Å²) in [6.45, 7) is 0.841. The average Bonchev–Trinajstić information content (AvgIpc) is 2.77. The summed E-state index contributed by atoms with van der Waals surface area (Å²) in [4.78, 5) is 11.4. The summed E-state index contributed by atoms with van der Waals surface area (Å²) in [5.41, 5.74) is 0. The molecule has 0 aliphatic heterocycles. The fourth-order valence-corrected chi connectivity index (χ4v) is 2.23. The minimum Gasteiger partial charge on any atom is -0.361 e. The van der Waals surface area contributed by atoms with Crippen LogP contribution in [0.5, 0.6) is 0 Å². The number of aromatic nitrogens is 3. The first-order valence-corrected chi connectivity index (χ1v) is 5.85. The van der Waals surface area contributed by atoms with Crippen LogP contribution in [-0.4, -0.2) is 21.5 Å². The summed E-state index contributed by atoms with van der Waals surface area (Å²) in [5.74, 6) is 0.994. The van der Waals surface area contributed by atoms with Gasteiger partial charge in [-0.05, 0) is 15.9 Å². The molecule has 4 nitrogen and oxygen atoms in total. The van der Waals surface area contributed by atoms with Crippen molar-refractivity contribution in [3.8, 4) is 0 Å². The number of nitrogens with zero attached hydrogens (tertiary/aromatic N) is 2. The van der Waals surface area contributed by atoms with Crippen LogP contribution in [0.2, 0.25) is 0 Å². The second-order valence-corrected chi connectivity index (χ2v) is 4.36. The highest BCUT2D eigenvalue weighted by molar-refractivity contribution is 9.10. The normalized spacial score (nSPS) is 10.4. The van der Waals surface area contributed by atoms with Crippen molar-refractivity contribution >= 4 is 32.4 Å². The van der Waals surface area contributed by atoms with Gasteiger partial charge in [-0.1, -0.05) is 0 Å². The van der Waals surface area contributed by atoms with Gasteiger partial charge in [0.25, 0.3) is 0 Å². The van der Waals surface area contributed by atoms with Crippen molar-refractivity contribution in [2.24, 2.45) is 0 Å². The molecule has 2 aromatic rings. The fraction of sp³-hybridized carbons (Fsp3) is 0.250. The number of H-pyrrole nitrogens is 1. The lowest BCUT2D eigenvalue weighted by molar-refractivity contribution is 0.925. The van der Waals surface area contributed by atoms with E-state index in [0.29, 0.717) is 0 Å². The predicted octanol–water partition coefficient (Wildman–Crippen LogP) is 2.28. The highest BCUT2D eigenvalue weighted by atomic mass is 79.9. The monoisotopic (exact) mass is 272 g/mol. The van der Waals surface area contributed by atoms with Crippen LogP contribution in [-0.2, 0) is 6.42 Å². The molecule has 0 aliphatic rings. The Morgan fingerprint density at radius 2 is 2.50 bits per heavy atom. The summed E-state index contributed by atoms with van der Waals surface area (Å²) in [5, 5.41) is 6.11. The van der Waals surface area contributed by atoms with Crippen molar-refractivity contribution in [2.75, 3.05) is 11.9 Å². The van der Waals surface area contributed by atoms with Crippen molar-refractivity contribution < 1.29 is 0 Å². The molecule has 0 atom stereocenters. The average molecular weight is 273 g/mol. The van der Waals surface area contributed by atoms with Gasteiger partial charge in [-0.2, -0.15) is 0 Å². The molecule has 2 aromatic heterocycles. The third kappa shape index (κ3) is 2.55. The zero-order valence-electron chi connectivity index (χ0n) is 7.33. The highest BCUT2D eigenvalue weighted by Gasteiger charge is 1.98. The van der Waals surface area contributed by atoms with Crippen molar-refractivity contribution in [3.63, 3.8) is 0 Å². The molecule has 0 bridgehead atoms. The molecule has 2 heterocycles. The van der Waals surface area contributed by atoms with E-state index in [2.05, 4.69) is 36.2 Å². The summed E-state index contributed by atoms with van der Waals surface area (Å²) in [7, 11) is 0. The van der Waals surface area contributed by atoms with Gasteiger partial charge in [0, 0.05) is 30.7 Å². The summed E-state index contributed by atoms with van der Waals surface area (Å²) < 4.78 is 0.878. The molecule has 0 amide bonds. The van der Waals surface area contributed by atoms with E-state index in [4.69, 9.17) is 0 Å². The molecule has 2 rings (SSSR count). The minimum absolute atomic E-state index is 0.841. The number of nitrogens with one attached hydrogen (secondary N) is 2. The van der Waals surface area contributed by atoms with Gasteiger partial charge in [0.15, 0.2) is 5.13 Å². The van der Waals surface area contributed by atoms with E-state index in [-0.39, 0.29) is 0 Å². The van der Waals surface area contributed by atoms with Crippen molar-refractivity contribution in [1.29, 1.82) is 0 Å². The van der Waals surface area contributed by atoms with Gasteiger partial charge in [-0.3, -0.25) is 0 Å². The first-order chi connectivity index (χ1) is 6.84. The number of anilines is 1. The molecule has 0 aliphatic carbocycles. The maximum absolute atomic E-state index is 4.22. The van der Waals surface area contributed by atoms with Crippen LogP contribution in [0.15, 0.2) is 22.4 Å². The van der Waals surface area contributed by atoms with Crippen LogP contribution in [0.1, 0.15) is 5.82 Å². The third-order valence-electron chi connectivity index (χ3n) is 1.67. The fourth-order valence-electron chi connectivity index (χ4n) is 1.06. The minimum atomic E-state index is 0.841. The lowest BCUT2D eigenvalue weighted by atomic mass is 10.4. The Balaban J connectivity index is 1.78. The first-order valence-electron chi connectivity index (χ1n) is 4.18. The molecule has 0 radical (unpaired) electrons. The van der Waals surface area contributed by atoms with Gasteiger partial charge in [0.05, 0.1) is 0 Å². The molecular formula is C8H9BrN4S. The number of hydrogen-bond acceptors (Lipinski definition) is 4. The van der Waals surface area contributed by atoms with E-state index in [1.165, 1.54) is 0 Å². The van der Waals surface area contributed by atoms with Gasteiger partial charge >= 0.3 is 0 Å². The van der Waals surface area contributed by atoms with Gasteiger partial charge in [0.2, 0.25) is 0 Å². The standard InChI is InChI=1S/C8H9BrN4S/c9-6-5-14-8(13-6)12-2-1-7-10-3-4-11-7/h3-5H,1-2H2,(H,10,11)(H,12,13). The van der Waals surface area contributed by atoms with E-state index in [0.717, 1.165) is 28.5 Å². The number of aromatic amines is 1. The number of thiazole rings is 1. The molecule has 14 heavy (non-hydrogen) atoms. The molecule has 0 fully saturated rings. The van der Waals surface area contributed by atoms with Crippen LogP contribution in [0.3, 0.4) is 0 Å².